The molecule has 3 rings (SSSR count). The Labute approximate surface area is 157 Å². The van der Waals surface area contributed by atoms with E-state index in [0.717, 1.165) is 22.0 Å². The average molecular weight is 398 g/mol. The summed E-state index contributed by atoms with van der Waals surface area (Å²) in [6.45, 7) is 3.47. The molecule has 1 atom stereocenters. The van der Waals surface area contributed by atoms with Gasteiger partial charge in [0.2, 0.25) is 10.0 Å². The lowest BCUT2D eigenvalue weighted by atomic mass is 10.2. The monoisotopic (exact) mass is 397 g/mol. The fourth-order valence-corrected chi connectivity index (χ4v) is 5.50. The molecule has 0 N–H and O–H groups in total. The number of hydrogen-bond donors (Lipinski definition) is 0. The van der Waals surface area contributed by atoms with E-state index in [1.54, 1.807) is 7.11 Å². The quantitative estimate of drug-likeness (QED) is 0.766. The second-order valence-corrected chi connectivity index (χ2v) is 9.43. The number of sulfonamides is 1. The zero-order chi connectivity index (χ0) is 18.9. The molecule has 2 heterocycles. The van der Waals surface area contributed by atoms with Crippen molar-refractivity contribution in [3.63, 3.8) is 0 Å². The molecule has 142 valence electrons. The van der Waals surface area contributed by atoms with Gasteiger partial charge in [0.05, 0.1) is 23.1 Å². The molecule has 1 amide bonds. The number of aryl methyl sites for hydroxylation is 1. The highest BCUT2D eigenvalue weighted by atomic mass is 32.2. The number of aromatic nitrogens is 1. The number of thiazole rings is 1. The lowest BCUT2D eigenvalue weighted by molar-refractivity contribution is -0.121. The fourth-order valence-electron chi connectivity index (χ4n) is 3.22. The maximum atomic E-state index is 12.7. The molecule has 1 aliphatic rings. The molecular formula is C17H23N3O4S2. The zero-order valence-electron chi connectivity index (χ0n) is 15.1. The van der Waals surface area contributed by atoms with Crippen LogP contribution in [0.3, 0.4) is 0 Å². The number of fused-ring (bicyclic) bond motifs is 1. The molecule has 1 saturated heterocycles. The Morgan fingerprint density at radius 2 is 2.19 bits per heavy atom. The number of ether oxygens (including phenoxy) is 1. The van der Waals surface area contributed by atoms with Crippen LogP contribution in [0.5, 0.6) is 0 Å². The number of methoxy groups -OCH3 is 1. The average Bonchev–Trinajstić information content (AvgIpc) is 3.17. The summed E-state index contributed by atoms with van der Waals surface area (Å²) in [5.74, 6) is -0.401. The smallest absolute Gasteiger partial charge is 0.266 e. The summed E-state index contributed by atoms with van der Waals surface area (Å²) < 4.78 is 33.2. The molecule has 2 aromatic rings. The number of carbonyl (C=O) groups is 1. The number of benzene rings is 1. The summed E-state index contributed by atoms with van der Waals surface area (Å²) in [6, 6.07) is 5.39. The van der Waals surface area contributed by atoms with E-state index in [0.29, 0.717) is 37.3 Å². The normalized spacial score (nSPS) is 19.5. The maximum absolute atomic E-state index is 12.7. The standard InChI is InChI=1S/C17H23N3O4S2/c1-12-6-7-13-15(11-12)25-17(19(13)9-10-24-2)18-16(21)14-5-4-8-20(14)26(3,22)23/h6-7,11,14H,4-5,8-10H2,1-3H3. The van der Waals surface area contributed by atoms with Gasteiger partial charge in [-0.05, 0) is 37.5 Å². The third-order valence-corrected chi connectivity index (χ3v) is 6.81. The Morgan fingerprint density at radius 3 is 2.88 bits per heavy atom. The van der Waals surface area contributed by atoms with Gasteiger partial charge in [-0.1, -0.05) is 17.4 Å². The first-order valence-corrected chi connectivity index (χ1v) is 11.1. The zero-order valence-corrected chi connectivity index (χ0v) is 16.8. The molecule has 1 aromatic carbocycles. The Balaban J connectivity index is 2.04. The van der Waals surface area contributed by atoms with Crippen molar-refractivity contribution in [2.75, 3.05) is 26.5 Å². The molecular weight excluding hydrogens is 374 g/mol. The topological polar surface area (TPSA) is 81.0 Å². The summed E-state index contributed by atoms with van der Waals surface area (Å²) in [7, 11) is -1.79. The highest BCUT2D eigenvalue weighted by Gasteiger charge is 2.36. The first-order chi connectivity index (χ1) is 12.3. The van der Waals surface area contributed by atoms with Crippen molar-refractivity contribution in [1.29, 1.82) is 0 Å². The molecule has 1 aliphatic heterocycles. The van der Waals surface area contributed by atoms with Crippen molar-refractivity contribution in [2.24, 2.45) is 4.99 Å². The van der Waals surface area contributed by atoms with Gasteiger partial charge in [0.1, 0.15) is 6.04 Å². The molecule has 0 aliphatic carbocycles. The molecule has 1 unspecified atom stereocenters. The molecule has 0 spiro atoms. The minimum atomic E-state index is -3.41. The minimum Gasteiger partial charge on any atom is -0.383 e. The van der Waals surface area contributed by atoms with Crippen LogP contribution in [0, 0.1) is 6.92 Å². The number of amides is 1. The van der Waals surface area contributed by atoms with Gasteiger partial charge in [-0.2, -0.15) is 9.30 Å². The van der Waals surface area contributed by atoms with E-state index < -0.39 is 22.0 Å². The van der Waals surface area contributed by atoms with Crippen molar-refractivity contribution in [1.82, 2.24) is 8.87 Å². The molecule has 9 heteroatoms. The van der Waals surface area contributed by atoms with Gasteiger partial charge in [0, 0.05) is 20.2 Å². The predicted molar refractivity (Wildman–Crippen MR) is 102 cm³/mol. The van der Waals surface area contributed by atoms with Gasteiger partial charge in [-0.15, -0.1) is 0 Å². The Kier molecular flexibility index (Phi) is 5.61. The molecule has 1 aromatic heterocycles. The van der Waals surface area contributed by atoms with E-state index in [-0.39, 0.29) is 0 Å². The number of nitrogens with zero attached hydrogens (tertiary/aromatic N) is 3. The molecule has 26 heavy (non-hydrogen) atoms. The first-order valence-electron chi connectivity index (χ1n) is 8.45. The Bertz CT molecular complexity index is 991. The van der Waals surface area contributed by atoms with Crippen LogP contribution in [0.15, 0.2) is 23.2 Å². The van der Waals surface area contributed by atoms with Crippen molar-refractivity contribution in [2.45, 2.75) is 32.4 Å². The molecule has 1 fully saturated rings. The SMILES string of the molecule is COCCn1c(=NC(=O)C2CCCN2S(C)(=O)=O)sc2cc(C)ccc21. The Hall–Kier alpha value is -1.55. The summed E-state index contributed by atoms with van der Waals surface area (Å²) in [5.41, 5.74) is 2.13. The van der Waals surface area contributed by atoms with Crippen LogP contribution >= 0.6 is 11.3 Å². The van der Waals surface area contributed by atoms with Crippen molar-refractivity contribution in [3.05, 3.63) is 28.6 Å². The van der Waals surface area contributed by atoms with E-state index in [9.17, 15) is 13.2 Å². The van der Waals surface area contributed by atoms with Crippen LogP contribution in [-0.2, 0) is 26.1 Å². The van der Waals surface area contributed by atoms with Gasteiger partial charge in [0.15, 0.2) is 4.80 Å². The van der Waals surface area contributed by atoms with Crippen LogP contribution in [-0.4, -0.2) is 55.8 Å². The maximum Gasteiger partial charge on any atom is 0.266 e. The van der Waals surface area contributed by atoms with Gasteiger partial charge in [-0.3, -0.25) is 4.79 Å². The molecule has 7 nitrogen and oxygen atoms in total. The highest BCUT2D eigenvalue weighted by Crippen LogP contribution is 2.22. The van der Waals surface area contributed by atoms with Crippen LogP contribution in [0.1, 0.15) is 18.4 Å². The van der Waals surface area contributed by atoms with E-state index in [2.05, 4.69) is 11.1 Å². The summed E-state index contributed by atoms with van der Waals surface area (Å²) >= 11 is 1.44. The highest BCUT2D eigenvalue weighted by molar-refractivity contribution is 7.88. The summed E-state index contributed by atoms with van der Waals surface area (Å²) in [5, 5.41) is 0. The third-order valence-electron chi connectivity index (χ3n) is 4.48. The van der Waals surface area contributed by atoms with Gasteiger partial charge >= 0.3 is 0 Å². The van der Waals surface area contributed by atoms with Crippen LogP contribution in [0.25, 0.3) is 10.2 Å². The van der Waals surface area contributed by atoms with Crippen molar-refractivity contribution < 1.29 is 17.9 Å². The molecule has 0 bridgehead atoms. The lowest BCUT2D eigenvalue weighted by Gasteiger charge is -2.18. The third kappa shape index (κ3) is 3.90. The lowest BCUT2D eigenvalue weighted by Crippen LogP contribution is -2.40. The number of rotatable bonds is 5. The number of carbonyl (C=O) groups excluding carboxylic acids is 1. The van der Waals surface area contributed by atoms with E-state index in [1.165, 1.54) is 15.6 Å². The minimum absolute atomic E-state index is 0.375. The van der Waals surface area contributed by atoms with Crippen LogP contribution in [0.4, 0.5) is 0 Å². The van der Waals surface area contributed by atoms with Gasteiger partial charge in [-0.25, -0.2) is 8.42 Å². The van der Waals surface area contributed by atoms with E-state index in [1.807, 2.05) is 23.6 Å². The molecule has 0 saturated carbocycles. The number of hydrogen-bond acceptors (Lipinski definition) is 5. The largest absolute Gasteiger partial charge is 0.383 e. The van der Waals surface area contributed by atoms with Crippen LogP contribution in [0.2, 0.25) is 0 Å². The van der Waals surface area contributed by atoms with Crippen molar-refractivity contribution >= 4 is 37.5 Å². The predicted octanol–water partition coefficient (Wildman–Crippen LogP) is 1.51. The van der Waals surface area contributed by atoms with E-state index >= 15 is 0 Å². The fraction of sp³-hybridized carbons (Fsp3) is 0.529. The van der Waals surface area contributed by atoms with Gasteiger partial charge in [0.25, 0.3) is 5.91 Å². The van der Waals surface area contributed by atoms with Gasteiger partial charge < -0.3 is 9.30 Å². The van der Waals surface area contributed by atoms with Crippen LogP contribution < -0.4 is 4.80 Å². The summed E-state index contributed by atoms with van der Waals surface area (Å²) in [6.07, 6.45) is 2.32. The van der Waals surface area contributed by atoms with E-state index in [4.69, 9.17) is 4.74 Å². The second kappa shape index (κ2) is 7.59. The summed E-state index contributed by atoms with van der Waals surface area (Å²) in [4.78, 5) is 17.6. The van der Waals surface area contributed by atoms with Crippen molar-refractivity contribution in [3.8, 4) is 0 Å². The first kappa shape index (κ1) is 19.2. The Morgan fingerprint density at radius 1 is 1.42 bits per heavy atom. The molecule has 0 radical (unpaired) electrons. The second-order valence-electron chi connectivity index (χ2n) is 6.48.